The SMILES string of the molecule is Cc1cn(CC(=O)NC[C@H]2CC[C@@H](Oc3ccc(F)cc3)[C@@H]2O)nn1. The third-order valence-electron chi connectivity index (χ3n) is 4.31. The lowest BCUT2D eigenvalue weighted by molar-refractivity contribution is -0.122. The van der Waals surface area contributed by atoms with E-state index in [0.717, 1.165) is 12.1 Å². The number of ether oxygens (including phenoxy) is 1. The van der Waals surface area contributed by atoms with Crippen LogP contribution < -0.4 is 10.1 Å². The first-order valence-corrected chi connectivity index (χ1v) is 8.25. The predicted molar refractivity (Wildman–Crippen MR) is 87.3 cm³/mol. The summed E-state index contributed by atoms with van der Waals surface area (Å²) in [7, 11) is 0. The molecule has 25 heavy (non-hydrogen) atoms. The van der Waals surface area contributed by atoms with Crippen LogP contribution in [-0.4, -0.2) is 44.8 Å². The van der Waals surface area contributed by atoms with Crippen LogP contribution in [0.1, 0.15) is 18.5 Å². The van der Waals surface area contributed by atoms with Crippen molar-refractivity contribution in [2.24, 2.45) is 5.92 Å². The fraction of sp³-hybridized carbons (Fsp3) is 0.471. The third kappa shape index (κ3) is 4.54. The third-order valence-corrected chi connectivity index (χ3v) is 4.31. The summed E-state index contributed by atoms with van der Waals surface area (Å²) in [4.78, 5) is 11.9. The topological polar surface area (TPSA) is 89.3 Å². The second-order valence-corrected chi connectivity index (χ2v) is 6.30. The summed E-state index contributed by atoms with van der Waals surface area (Å²) in [6.07, 6.45) is 2.08. The van der Waals surface area contributed by atoms with E-state index < -0.39 is 6.10 Å². The van der Waals surface area contributed by atoms with E-state index in [2.05, 4.69) is 15.6 Å². The second-order valence-electron chi connectivity index (χ2n) is 6.30. The maximum absolute atomic E-state index is 12.9. The van der Waals surface area contributed by atoms with Crippen molar-refractivity contribution in [3.63, 3.8) is 0 Å². The number of aliphatic hydroxyl groups excluding tert-OH is 1. The van der Waals surface area contributed by atoms with Crippen molar-refractivity contribution in [1.82, 2.24) is 20.3 Å². The highest BCUT2D eigenvalue weighted by molar-refractivity contribution is 5.75. The van der Waals surface area contributed by atoms with Crippen LogP contribution >= 0.6 is 0 Å². The highest BCUT2D eigenvalue weighted by atomic mass is 19.1. The molecule has 0 radical (unpaired) electrons. The van der Waals surface area contributed by atoms with Gasteiger partial charge in [0.25, 0.3) is 0 Å². The van der Waals surface area contributed by atoms with Crippen LogP contribution in [0.5, 0.6) is 5.75 Å². The van der Waals surface area contributed by atoms with Crippen LogP contribution in [0.3, 0.4) is 0 Å². The van der Waals surface area contributed by atoms with Gasteiger partial charge in [0.15, 0.2) is 0 Å². The summed E-state index contributed by atoms with van der Waals surface area (Å²) < 4.78 is 20.1. The van der Waals surface area contributed by atoms with Crippen LogP contribution in [0.2, 0.25) is 0 Å². The van der Waals surface area contributed by atoms with Gasteiger partial charge in [-0.3, -0.25) is 4.79 Å². The number of nitrogens with zero attached hydrogens (tertiary/aromatic N) is 3. The van der Waals surface area contributed by atoms with Gasteiger partial charge >= 0.3 is 0 Å². The largest absolute Gasteiger partial charge is 0.488 e. The summed E-state index contributed by atoms with van der Waals surface area (Å²) in [5.74, 6) is -0.0638. The Morgan fingerprint density at radius 3 is 2.84 bits per heavy atom. The number of aromatic nitrogens is 3. The van der Waals surface area contributed by atoms with E-state index >= 15 is 0 Å². The van der Waals surface area contributed by atoms with Crippen LogP contribution in [0, 0.1) is 18.7 Å². The summed E-state index contributed by atoms with van der Waals surface area (Å²) in [5.41, 5.74) is 0.750. The van der Waals surface area contributed by atoms with Gasteiger partial charge in [0.05, 0.1) is 11.8 Å². The number of amides is 1. The molecule has 1 aliphatic rings. The van der Waals surface area contributed by atoms with E-state index in [4.69, 9.17) is 4.74 Å². The van der Waals surface area contributed by atoms with Gasteiger partial charge in [-0.1, -0.05) is 5.21 Å². The highest BCUT2D eigenvalue weighted by Crippen LogP contribution is 2.29. The number of hydrogen-bond acceptors (Lipinski definition) is 5. The zero-order valence-electron chi connectivity index (χ0n) is 13.9. The molecular formula is C17H21FN4O3. The van der Waals surface area contributed by atoms with E-state index in [1.807, 2.05) is 0 Å². The molecule has 3 atom stereocenters. The fourth-order valence-corrected chi connectivity index (χ4v) is 2.98. The van der Waals surface area contributed by atoms with Crippen LogP contribution in [0.25, 0.3) is 0 Å². The van der Waals surface area contributed by atoms with E-state index in [1.165, 1.54) is 28.9 Å². The predicted octanol–water partition coefficient (Wildman–Crippen LogP) is 1.06. The van der Waals surface area contributed by atoms with Crippen molar-refractivity contribution in [3.05, 3.63) is 42.0 Å². The molecule has 8 heteroatoms. The quantitative estimate of drug-likeness (QED) is 0.815. The summed E-state index contributed by atoms with van der Waals surface area (Å²) in [6.45, 7) is 2.27. The average Bonchev–Trinajstić information content (AvgIpc) is 3.14. The van der Waals surface area contributed by atoms with Gasteiger partial charge in [-0.05, 0) is 44.0 Å². The number of halogens is 1. The second kappa shape index (κ2) is 7.60. The minimum atomic E-state index is -0.682. The molecule has 0 spiro atoms. The number of rotatable bonds is 6. The summed E-state index contributed by atoms with van der Waals surface area (Å²) >= 11 is 0. The number of aryl methyl sites for hydroxylation is 1. The molecule has 0 saturated heterocycles. The van der Waals surface area contributed by atoms with E-state index in [1.54, 1.807) is 13.1 Å². The van der Waals surface area contributed by atoms with Gasteiger partial charge in [0.2, 0.25) is 5.91 Å². The Bertz CT molecular complexity index is 719. The van der Waals surface area contributed by atoms with Crippen LogP contribution in [-0.2, 0) is 11.3 Å². The molecule has 7 nitrogen and oxygen atoms in total. The molecule has 2 N–H and O–H groups in total. The van der Waals surface area contributed by atoms with Gasteiger partial charge < -0.3 is 15.2 Å². The lowest BCUT2D eigenvalue weighted by Gasteiger charge is -2.21. The first-order chi connectivity index (χ1) is 12.0. The van der Waals surface area contributed by atoms with Gasteiger partial charge in [-0.25, -0.2) is 9.07 Å². The number of aliphatic hydroxyl groups is 1. The fourth-order valence-electron chi connectivity index (χ4n) is 2.98. The molecule has 0 unspecified atom stereocenters. The molecule has 1 aromatic carbocycles. The molecule has 1 aliphatic carbocycles. The van der Waals surface area contributed by atoms with Gasteiger partial charge in [0, 0.05) is 18.7 Å². The molecule has 1 saturated carbocycles. The first-order valence-electron chi connectivity index (χ1n) is 8.25. The number of carbonyl (C=O) groups is 1. The standard InChI is InChI=1S/C17H21FN4O3/c1-11-9-22(21-20-11)10-16(23)19-8-12-2-7-15(17(12)24)25-14-5-3-13(18)4-6-14/h3-6,9,12,15,17,24H,2,7-8,10H2,1H3,(H,19,23)/t12-,15-,17-/m1/s1. The van der Waals surface area contributed by atoms with Crippen molar-refractivity contribution in [3.8, 4) is 5.75 Å². The van der Waals surface area contributed by atoms with Gasteiger partial charge in [-0.15, -0.1) is 5.10 Å². The number of carbonyl (C=O) groups excluding carboxylic acids is 1. The summed E-state index contributed by atoms with van der Waals surface area (Å²) in [6, 6.07) is 5.72. The van der Waals surface area contributed by atoms with Crippen molar-refractivity contribution in [2.75, 3.05) is 6.54 Å². The lowest BCUT2D eigenvalue weighted by Crippen LogP contribution is -2.38. The van der Waals surface area contributed by atoms with Crippen LogP contribution in [0.15, 0.2) is 30.5 Å². The number of nitrogens with one attached hydrogen (secondary N) is 1. The highest BCUT2D eigenvalue weighted by Gasteiger charge is 2.36. The Kier molecular flexibility index (Phi) is 5.28. The molecule has 0 aliphatic heterocycles. The van der Waals surface area contributed by atoms with E-state index in [-0.39, 0.29) is 30.3 Å². The first kappa shape index (κ1) is 17.3. The molecule has 0 bridgehead atoms. The zero-order valence-corrected chi connectivity index (χ0v) is 13.9. The minimum absolute atomic E-state index is 0.0770. The molecule has 1 heterocycles. The number of hydrogen-bond donors (Lipinski definition) is 2. The average molecular weight is 348 g/mol. The molecular weight excluding hydrogens is 327 g/mol. The monoisotopic (exact) mass is 348 g/mol. The van der Waals surface area contributed by atoms with Gasteiger partial charge in [0.1, 0.15) is 24.2 Å². The Morgan fingerprint density at radius 2 is 2.16 bits per heavy atom. The maximum Gasteiger partial charge on any atom is 0.241 e. The molecule has 1 fully saturated rings. The zero-order chi connectivity index (χ0) is 17.8. The normalized spacial score (nSPS) is 22.8. The molecule has 3 rings (SSSR count). The number of benzene rings is 1. The Balaban J connectivity index is 1.46. The smallest absolute Gasteiger partial charge is 0.241 e. The maximum atomic E-state index is 12.9. The van der Waals surface area contributed by atoms with E-state index in [0.29, 0.717) is 18.7 Å². The van der Waals surface area contributed by atoms with Crippen molar-refractivity contribution in [1.29, 1.82) is 0 Å². The Hall–Kier alpha value is -2.48. The lowest BCUT2D eigenvalue weighted by atomic mass is 10.1. The van der Waals surface area contributed by atoms with Gasteiger partial charge in [-0.2, -0.15) is 0 Å². The molecule has 1 aromatic heterocycles. The minimum Gasteiger partial charge on any atom is -0.488 e. The molecule has 1 amide bonds. The Morgan fingerprint density at radius 1 is 1.40 bits per heavy atom. The van der Waals surface area contributed by atoms with Crippen molar-refractivity contribution < 1.29 is 19.0 Å². The van der Waals surface area contributed by atoms with Crippen molar-refractivity contribution in [2.45, 2.75) is 38.5 Å². The Labute approximate surface area is 144 Å². The molecule has 134 valence electrons. The van der Waals surface area contributed by atoms with Crippen LogP contribution in [0.4, 0.5) is 4.39 Å². The molecule has 2 aromatic rings. The van der Waals surface area contributed by atoms with Crippen molar-refractivity contribution >= 4 is 5.91 Å². The summed E-state index contributed by atoms with van der Waals surface area (Å²) in [5, 5.41) is 20.9. The van der Waals surface area contributed by atoms with E-state index in [9.17, 15) is 14.3 Å².